The van der Waals surface area contributed by atoms with Crippen molar-refractivity contribution in [3.05, 3.63) is 28.5 Å². The average Bonchev–Trinajstić information content (AvgIpc) is 2.27. The summed E-state index contributed by atoms with van der Waals surface area (Å²) in [6.07, 6.45) is 0. The molecule has 19 heavy (non-hydrogen) atoms. The number of rotatable bonds is 5. The lowest BCUT2D eigenvalue weighted by atomic mass is 10.2. The number of primary sulfonamides is 1. The van der Waals surface area contributed by atoms with Crippen molar-refractivity contribution in [2.75, 3.05) is 20.3 Å². The molecule has 0 spiro atoms. The molecule has 0 aliphatic rings. The van der Waals surface area contributed by atoms with Gasteiger partial charge in [0.05, 0.1) is 17.2 Å². The first kappa shape index (κ1) is 15.8. The summed E-state index contributed by atoms with van der Waals surface area (Å²) in [6, 6.07) is 1.53. The normalized spacial score (nSPS) is 11.4. The van der Waals surface area contributed by atoms with Gasteiger partial charge < -0.3 is 10.1 Å². The highest BCUT2D eigenvalue weighted by molar-refractivity contribution is 7.89. The number of amides is 1. The zero-order chi connectivity index (χ0) is 14.6. The number of hydrogen-bond acceptors (Lipinski definition) is 4. The van der Waals surface area contributed by atoms with Gasteiger partial charge >= 0.3 is 0 Å². The van der Waals surface area contributed by atoms with E-state index in [1.165, 1.54) is 7.11 Å². The van der Waals surface area contributed by atoms with Crippen LogP contribution >= 0.6 is 11.6 Å². The minimum atomic E-state index is -4.13. The van der Waals surface area contributed by atoms with E-state index in [0.29, 0.717) is 0 Å². The maximum absolute atomic E-state index is 13.6. The van der Waals surface area contributed by atoms with Crippen molar-refractivity contribution in [2.45, 2.75) is 4.90 Å². The molecule has 106 valence electrons. The number of benzene rings is 1. The van der Waals surface area contributed by atoms with Crippen LogP contribution in [0.1, 0.15) is 10.4 Å². The van der Waals surface area contributed by atoms with Crippen LogP contribution < -0.4 is 10.5 Å². The van der Waals surface area contributed by atoms with Gasteiger partial charge in [0, 0.05) is 13.7 Å². The number of carbonyl (C=O) groups excluding carboxylic acids is 1. The van der Waals surface area contributed by atoms with Crippen molar-refractivity contribution in [2.24, 2.45) is 5.14 Å². The summed E-state index contributed by atoms with van der Waals surface area (Å²) in [5.74, 6) is -1.72. The smallest absolute Gasteiger partial charge is 0.254 e. The van der Waals surface area contributed by atoms with Crippen molar-refractivity contribution < 1.29 is 22.3 Å². The maximum atomic E-state index is 13.6. The molecule has 0 aliphatic heterocycles. The molecule has 1 rings (SSSR count). The zero-order valence-corrected chi connectivity index (χ0v) is 11.5. The lowest BCUT2D eigenvalue weighted by molar-refractivity contribution is 0.0933. The Morgan fingerprint density at radius 1 is 1.53 bits per heavy atom. The van der Waals surface area contributed by atoms with E-state index in [9.17, 15) is 17.6 Å². The van der Waals surface area contributed by atoms with Crippen LogP contribution in [0.15, 0.2) is 17.0 Å². The average molecular weight is 311 g/mol. The molecule has 0 bridgehead atoms. The number of carbonyl (C=O) groups is 1. The first-order valence-corrected chi connectivity index (χ1v) is 6.98. The minimum absolute atomic E-state index is 0.155. The van der Waals surface area contributed by atoms with E-state index in [0.717, 1.165) is 12.1 Å². The third-order valence-corrected chi connectivity index (χ3v) is 3.54. The Bertz CT molecular complexity index is 591. The molecule has 0 atom stereocenters. The molecule has 1 aromatic rings. The molecule has 0 aromatic heterocycles. The Kier molecular flexibility index (Phi) is 5.24. The predicted octanol–water partition coefficient (Wildman–Crippen LogP) is 0.503. The van der Waals surface area contributed by atoms with E-state index in [4.69, 9.17) is 21.5 Å². The van der Waals surface area contributed by atoms with Gasteiger partial charge in [-0.05, 0) is 12.1 Å². The molecule has 0 saturated carbocycles. The lowest BCUT2D eigenvalue weighted by Crippen LogP contribution is -2.28. The number of nitrogens with two attached hydrogens (primary N) is 1. The van der Waals surface area contributed by atoms with Crippen LogP contribution in [-0.4, -0.2) is 34.6 Å². The van der Waals surface area contributed by atoms with Crippen LogP contribution in [0.4, 0.5) is 4.39 Å². The van der Waals surface area contributed by atoms with Crippen LogP contribution in [0.2, 0.25) is 5.02 Å². The van der Waals surface area contributed by atoms with Crippen molar-refractivity contribution in [3.8, 4) is 0 Å². The molecule has 0 fully saturated rings. The molecule has 6 nitrogen and oxygen atoms in total. The number of halogens is 2. The van der Waals surface area contributed by atoms with Crippen molar-refractivity contribution in [3.63, 3.8) is 0 Å². The lowest BCUT2D eigenvalue weighted by Gasteiger charge is -2.08. The summed E-state index contributed by atoms with van der Waals surface area (Å²) in [6.45, 7) is 0.394. The third-order valence-electron chi connectivity index (χ3n) is 2.16. The Hall–Kier alpha value is -1.22. The van der Waals surface area contributed by atoms with E-state index in [1.54, 1.807) is 0 Å². The van der Waals surface area contributed by atoms with Gasteiger partial charge in [0.15, 0.2) is 0 Å². The quantitative estimate of drug-likeness (QED) is 0.774. The van der Waals surface area contributed by atoms with Gasteiger partial charge in [-0.1, -0.05) is 11.6 Å². The number of ether oxygens (including phenoxy) is 1. The first-order valence-electron chi connectivity index (χ1n) is 5.06. The number of methoxy groups -OCH3 is 1. The Labute approximate surface area is 114 Å². The summed E-state index contributed by atoms with van der Waals surface area (Å²) in [5.41, 5.74) is -0.454. The Balaban J connectivity index is 3.11. The Morgan fingerprint density at radius 3 is 2.68 bits per heavy atom. The fourth-order valence-electron chi connectivity index (χ4n) is 1.28. The van der Waals surface area contributed by atoms with Crippen LogP contribution in [0, 0.1) is 5.82 Å². The van der Waals surface area contributed by atoms with Gasteiger partial charge in [-0.15, -0.1) is 0 Å². The fourth-order valence-corrected chi connectivity index (χ4v) is 2.37. The van der Waals surface area contributed by atoms with Crippen LogP contribution in [-0.2, 0) is 14.8 Å². The minimum Gasteiger partial charge on any atom is -0.383 e. The highest BCUT2D eigenvalue weighted by atomic mass is 35.5. The second-order valence-corrected chi connectivity index (χ2v) is 5.49. The predicted molar refractivity (Wildman–Crippen MR) is 67.0 cm³/mol. The molecule has 0 radical (unpaired) electrons. The van der Waals surface area contributed by atoms with Gasteiger partial charge in [0.25, 0.3) is 5.91 Å². The highest BCUT2D eigenvalue weighted by Crippen LogP contribution is 2.24. The second kappa shape index (κ2) is 6.29. The summed E-state index contributed by atoms with van der Waals surface area (Å²) in [5, 5.41) is 6.89. The monoisotopic (exact) mass is 310 g/mol. The van der Waals surface area contributed by atoms with Crippen LogP contribution in [0.3, 0.4) is 0 Å². The van der Waals surface area contributed by atoms with Crippen molar-refractivity contribution in [1.82, 2.24) is 5.32 Å². The molecule has 0 saturated heterocycles. The van der Waals surface area contributed by atoms with E-state index in [2.05, 4.69) is 5.32 Å². The van der Waals surface area contributed by atoms with Crippen molar-refractivity contribution in [1.29, 1.82) is 0 Å². The fraction of sp³-hybridized carbons (Fsp3) is 0.300. The molecule has 0 heterocycles. The summed E-state index contributed by atoms with van der Waals surface area (Å²) in [7, 11) is -2.70. The molecular formula is C10H12ClFN2O4S. The standard InChI is InChI=1S/C10H12ClFN2O4S/c1-18-3-2-14-10(15)6-4-9(19(13,16)17)7(11)5-8(6)12/h4-5H,2-3H2,1H3,(H,14,15)(H2,13,16,17). The summed E-state index contributed by atoms with van der Waals surface area (Å²) in [4.78, 5) is 11.1. The SMILES string of the molecule is COCCNC(=O)c1cc(S(N)(=O)=O)c(Cl)cc1F. The van der Waals surface area contributed by atoms with E-state index < -0.39 is 32.2 Å². The first-order chi connectivity index (χ1) is 8.77. The van der Waals surface area contributed by atoms with Gasteiger partial charge in [0.2, 0.25) is 10.0 Å². The van der Waals surface area contributed by atoms with E-state index in [-0.39, 0.29) is 18.2 Å². The zero-order valence-electron chi connectivity index (χ0n) is 9.94. The van der Waals surface area contributed by atoms with Crippen LogP contribution in [0.25, 0.3) is 0 Å². The number of nitrogens with one attached hydrogen (secondary N) is 1. The molecule has 3 N–H and O–H groups in total. The van der Waals surface area contributed by atoms with Crippen LogP contribution in [0.5, 0.6) is 0 Å². The Morgan fingerprint density at radius 2 is 2.16 bits per heavy atom. The molecular weight excluding hydrogens is 299 g/mol. The molecule has 0 unspecified atom stereocenters. The number of hydrogen-bond donors (Lipinski definition) is 2. The molecule has 0 aliphatic carbocycles. The topological polar surface area (TPSA) is 98.5 Å². The maximum Gasteiger partial charge on any atom is 0.254 e. The third kappa shape index (κ3) is 4.13. The van der Waals surface area contributed by atoms with E-state index in [1.807, 2.05) is 0 Å². The number of sulfonamides is 1. The molecule has 9 heteroatoms. The molecule has 1 amide bonds. The van der Waals surface area contributed by atoms with E-state index >= 15 is 0 Å². The summed E-state index contributed by atoms with van der Waals surface area (Å²) < 4.78 is 40.7. The van der Waals surface area contributed by atoms with Gasteiger partial charge in [-0.2, -0.15) is 0 Å². The van der Waals surface area contributed by atoms with Gasteiger partial charge in [0.1, 0.15) is 10.7 Å². The summed E-state index contributed by atoms with van der Waals surface area (Å²) >= 11 is 5.57. The largest absolute Gasteiger partial charge is 0.383 e. The van der Waals surface area contributed by atoms with Gasteiger partial charge in [-0.25, -0.2) is 17.9 Å². The molecule has 1 aromatic carbocycles. The highest BCUT2D eigenvalue weighted by Gasteiger charge is 2.20. The second-order valence-electron chi connectivity index (χ2n) is 3.56. The van der Waals surface area contributed by atoms with Crippen molar-refractivity contribution >= 4 is 27.5 Å². The van der Waals surface area contributed by atoms with Gasteiger partial charge in [-0.3, -0.25) is 4.79 Å².